The van der Waals surface area contributed by atoms with E-state index in [2.05, 4.69) is 9.72 Å². The zero-order valence-corrected chi connectivity index (χ0v) is 8.52. The molecule has 2 N–H and O–H groups in total. The molecule has 0 fully saturated rings. The number of aromatic nitrogens is 1. The number of nitriles is 1. The quantitative estimate of drug-likeness (QED) is 0.866. The van der Waals surface area contributed by atoms with Gasteiger partial charge in [-0.15, -0.1) is 0 Å². The summed E-state index contributed by atoms with van der Waals surface area (Å²) in [4.78, 5) is 3.90. The number of nitrogens with zero attached hydrogens (tertiary/aromatic N) is 2. The van der Waals surface area contributed by atoms with Crippen LogP contribution in [-0.4, -0.2) is 11.6 Å². The van der Waals surface area contributed by atoms with Gasteiger partial charge in [-0.25, -0.2) is 0 Å². The molecule has 1 heterocycles. The van der Waals surface area contributed by atoms with Crippen molar-refractivity contribution < 1.29 is 13.5 Å². The van der Waals surface area contributed by atoms with Crippen molar-refractivity contribution >= 4 is 16.6 Å². The molecular formula is C11H7F2N3O. The van der Waals surface area contributed by atoms with Crippen molar-refractivity contribution in [1.29, 1.82) is 5.26 Å². The summed E-state index contributed by atoms with van der Waals surface area (Å²) >= 11 is 0. The number of anilines is 1. The van der Waals surface area contributed by atoms with Gasteiger partial charge >= 0.3 is 6.61 Å². The third-order valence-electron chi connectivity index (χ3n) is 2.24. The SMILES string of the molecule is N#Cc1cnc2c(OC(F)F)cccc2c1N. The van der Waals surface area contributed by atoms with E-state index >= 15 is 0 Å². The molecule has 0 saturated carbocycles. The number of hydrogen-bond acceptors (Lipinski definition) is 4. The van der Waals surface area contributed by atoms with E-state index in [1.54, 1.807) is 6.07 Å². The first-order valence-electron chi connectivity index (χ1n) is 4.65. The first kappa shape index (κ1) is 11.1. The number of alkyl halides is 2. The molecule has 1 aromatic heterocycles. The van der Waals surface area contributed by atoms with Gasteiger partial charge in [-0.2, -0.15) is 14.0 Å². The molecule has 86 valence electrons. The molecule has 0 amide bonds. The van der Waals surface area contributed by atoms with E-state index in [0.717, 1.165) is 0 Å². The minimum Gasteiger partial charge on any atom is -0.432 e. The lowest BCUT2D eigenvalue weighted by Gasteiger charge is -2.09. The Morgan fingerprint density at radius 1 is 1.41 bits per heavy atom. The van der Waals surface area contributed by atoms with Crippen molar-refractivity contribution in [2.75, 3.05) is 5.73 Å². The fourth-order valence-electron chi connectivity index (χ4n) is 1.50. The second-order valence-electron chi connectivity index (χ2n) is 3.23. The van der Waals surface area contributed by atoms with Gasteiger partial charge in [0.05, 0.1) is 11.3 Å². The predicted molar refractivity (Wildman–Crippen MR) is 57.5 cm³/mol. The number of fused-ring (bicyclic) bond motifs is 1. The number of rotatable bonds is 2. The number of nitrogens with two attached hydrogens (primary N) is 1. The van der Waals surface area contributed by atoms with E-state index in [1.165, 1.54) is 18.3 Å². The Morgan fingerprint density at radius 3 is 2.82 bits per heavy atom. The summed E-state index contributed by atoms with van der Waals surface area (Å²) in [6.45, 7) is -2.93. The van der Waals surface area contributed by atoms with Crippen LogP contribution in [0.2, 0.25) is 0 Å². The molecule has 2 aromatic rings. The highest BCUT2D eigenvalue weighted by Crippen LogP contribution is 2.30. The molecule has 0 aliphatic carbocycles. The van der Waals surface area contributed by atoms with Crippen LogP contribution < -0.4 is 10.5 Å². The van der Waals surface area contributed by atoms with E-state index in [9.17, 15) is 8.78 Å². The van der Waals surface area contributed by atoms with Gasteiger partial charge in [0.2, 0.25) is 0 Å². The molecule has 0 saturated heterocycles. The summed E-state index contributed by atoms with van der Waals surface area (Å²) in [5.74, 6) is -0.0614. The summed E-state index contributed by atoms with van der Waals surface area (Å²) in [6, 6.07) is 6.35. The first-order chi connectivity index (χ1) is 8.13. The van der Waals surface area contributed by atoms with Gasteiger partial charge in [0.25, 0.3) is 0 Å². The van der Waals surface area contributed by atoms with Crippen LogP contribution in [0.1, 0.15) is 5.56 Å². The third kappa shape index (κ3) is 1.95. The Labute approximate surface area is 95.2 Å². The van der Waals surface area contributed by atoms with Gasteiger partial charge in [0, 0.05) is 11.6 Å². The molecule has 0 atom stereocenters. The molecule has 4 nitrogen and oxygen atoms in total. The second kappa shape index (κ2) is 4.22. The topological polar surface area (TPSA) is 71.9 Å². The monoisotopic (exact) mass is 235 g/mol. The zero-order chi connectivity index (χ0) is 12.4. The Balaban J connectivity index is 2.67. The average molecular weight is 235 g/mol. The minimum absolute atomic E-state index is 0.0614. The Kier molecular flexibility index (Phi) is 2.75. The molecule has 0 aliphatic rings. The van der Waals surface area contributed by atoms with E-state index in [0.29, 0.717) is 5.39 Å². The number of halogens is 2. The molecule has 6 heteroatoms. The summed E-state index contributed by atoms with van der Waals surface area (Å²) in [5.41, 5.74) is 6.34. The molecular weight excluding hydrogens is 228 g/mol. The lowest BCUT2D eigenvalue weighted by atomic mass is 10.1. The van der Waals surface area contributed by atoms with Crippen molar-refractivity contribution in [2.24, 2.45) is 0 Å². The Bertz CT molecular complexity index is 607. The number of benzene rings is 1. The molecule has 0 spiro atoms. The predicted octanol–water partition coefficient (Wildman–Crippen LogP) is 2.29. The molecule has 1 aromatic carbocycles. The van der Waals surface area contributed by atoms with Crippen LogP contribution in [0.15, 0.2) is 24.4 Å². The van der Waals surface area contributed by atoms with Crippen molar-refractivity contribution in [2.45, 2.75) is 6.61 Å². The highest BCUT2D eigenvalue weighted by Gasteiger charge is 2.12. The maximum atomic E-state index is 12.2. The van der Waals surface area contributed by atoms with Crippen LogP contribution in [0.3, 0.4) is 0 Å². The number of nitrogen functional groups attached to an aromatic ring is 1. The summed E-state index contributed by atoms with van der Waals surface area (Å²) in [7, 11) is 0. The van der Waals surface area contributed by atoms with Gasteiger partial charge in [-0.05, 0) is 6.07 Å². The molecule has 0 radical (unpaired) electrons. The van der Waals surface area contributed by atoms with Crippen molar-refractivity contribution in [1.82, 2.24) is 4.98 Å². The number of para-hydroxylation sites is 1. The first-order valence-corrected chi connectivity index (χ1v) is 4.65. The number of pyridine rings is 1. The van der Waals surface area contributed by atoms with Crippen LogP contribution in [0, 0.1) is 11.3 Å². The van der Waals surface area contributed by atoms with Gasteiger partial charge in [0.1, 0.15) is 11.6 Å². The Morgan fingerprint density at radius 2 is 2.18 bits per heavy atom. The summed E-state index contributed by atoms with van der Waals surface area (Å²) in [5, 5.41) is 9.19. The summed E-state index contributed by atoms with van der Waals surface area (Å²) in [6.07, 6.45) is 1.23. The maximum Gasteiger partial charge on any atom is 0.387 e. The van der Waals surface area contributed by atoms with Crippen LogP contribution in [0.25, 0.3) is 10.9 Å². The molecule has 17 heavy (non-hydrogen) atoms. The molecule has 0 aliphatic heterocycles. The highest BCUT2D eigenvalue weighted by atomic mass is 19.3. The van der Waals surface area contributed by atoms with Crippen LogP contribution in [0.5, 0.6) is 5.75 Å². The van der Waals surface area contributed by atoms with Crippen molar-refractivity contribution in [3.63, 3.8) is 0 Å². The van der Waals surface area contributed by atoms with Gasteiger partial charge in [0.15, 0.2) is 5.75 Å². The van der Waals surface area contributed by atoms with E-state index < -0.39 is 6.61 Å². The Hall–Kier alpha value is -2.42. The van der Waals surface area contributed by atoms with Crippen LogP contribution in [-0.2, 0) is 0 Å². The van der Waals surface area contributed by atoms with E-state index in [1.807, 2.05) is 6.07 Å². The highest BCUT2D eigenvalue weighted by molar-refractivity contribution is 5.95. The summed E-state index contributed by atoms with van der Waals surface area (Å²) < 4.78 is 28.6. The van der Waals surface area contributed by atoms with Gasteiger partial charge < -0.3 is 10.5 Å². The average Bonchev–Trinajstić information content (AvgIpc) is 2.30. The second-order valence-corrected chi connectivity index (χ2v) is 3.23. The smallest absolute Gasteiger partial charge is 0.387 e. The number of hydrogen-bond donors (Lipinski definition) is 1. The third-order valence-corrected chi connectivity index (χ3v) is 2.24. The fraction of sp³-hybridized carbons (Fsp3) is 0.0909. The van der Waals surface area contributed by atoms with E-state index in [4.69, 9.17) is 11.0 Å². The lowest BCUT2D eigenvalue weighted by molar-refractivity contribution is -0.0489. The zero-order valence-electron chi connectivity index (χ0n) is 8.52. The maximum absolute atomic E-state index is 12.2. The molecule has 2 rings (SSSR count). The van der Waals surface area contributed by atoms with Crippen molar-refractivity contribution in [3.05, 3.63) is 30.0 Å². The largest absolute Gasteiger partial charge is 0.432 e. The molecule has 0 bridgehead atoms. The van der Waals surface area contributed by atoms with Gasteiger partial charge in [-0.1, -0.05) is 12.1 Å². The standard InChI is InChI=1S/C11H7F2N3O/c12-11(13)17-8-3-1-2-7-9(15)6(4-14)5-16-10(7)8/h1-3,5,11H,(H2,15,16). The fourth-order valence-corrected chi connectivity index (χ4v) is 1.50. The molecule has 0 unspecified atom stereocenters. The van der Waals surface area contributed by atoms with Crippen LogP contribution >= 0.6 is 0 Å². The van der Waals surface area contributed by atoms with Crippen molar-refractivity contribution in [3.8, 4) is 11.8 Å². The van der Waals surface area contributed by atoms with Gasteiger partial charge in [-0.3, -0.25) is 4.98 Å². The normalized spacial score (nSPS) is 10.5. The lowest BCUT2D eigenvalue weighted by Crippen LogP contribution is -2.03. The van der Waals surface area contributed by atoms with E-state index in [-0.39, 0.29) is 22.5 Å². The minimum atomic E-state index is -2.93. The number of ether oxygens (including phenoxy) is 1. The van der Waals surface area contributed by atoms with Crippen LogP contribution in [0.4, 0.5) is 14.5 Å².